The molecule has 0 bridgehead atoms. The number of rotatable bonds is 4. The predicted molar refractivity (Wildman–Crippen MR) is 93.6 cm³/mol. The van der Waals surface area contributed by atoms with Crippen molar-refractivity contribution in [2.45, 2.75) is 13.5 Å². The smallest absolute Gasteiger partial charge is 0.343 e. The van der Waals surface area contributed by atoms with Gasteiger partial charge in [-0.1, -0.05) is 48.0 Å². The molecule has 0 aliphatic heterocycles. The first-order valence-corrected chi connectivity index (χ1v) is 7.95. The summed E-state index contributed by atoms with van der Waals surface area (Å²) in [7, 11) is 0. The van der Waals surface area contributed by atoms with Crippen molar-refractivity contribution in [2.24, 2.45) is 0 Å². The van der Waals surface area contributed by atoms with E-state index in [-0.39, 0.29) is 17.3 Å². The third-order valence-corrected chi connectivity index (χ3v) is 4.05. The van der Waals surface area contributed by atoms with Gasteiger partial charge >= 0.3 is 5.97 Å². The lowest BCUT2D eigenvalue weighted by Crippen LogP contribution is -2.07. The average molecular weight is 352 g/mol. The van der Waals surface area contributed by atoms with Crippen LogP contribution in [0.15, 0.2) is 54.6 Å². The van der Waals surface area contributed by atoms with Crippen LogP contribution in [0.1, 0.15) is 27.2 Å². The molecule has 25 heavy (non-hydrogen) atoms. The number of hydrogen-bond donors (Lipinski definition) is 0. The maximum Gasteiger partial charge on any atom is 0.343 e. The van der Waals surface area contributed by atoms with Crippen LogP contribution in [0.5, 0.6) is 0 Å². The van der Waals surface area contributed by atoms with Crippen LogP contribution in [0.2, 0.25) is 5.15 Å². The van der Waals surface area contributed by atoms with Gasteiger partial charge in [-0.3, -0.25) is 0 Å². The van der Waals surface area contributed by atoms with Gasteiger partial charge in [0.2, 0.25) is 0 Å². The van der Waals surface area contributed by atoms with E-state index in [2.05, 4.69) is 11.2 Å². The van der Waals surface area contributed by atoms with Crippen LogP contribution >= 0.6 is 11.6 Å². The molecule has 0 N–H and O–H groups in total. The Hall–Kier alpha value is -3.10. The summed E-state index contributed by atoms with van der Waals surface area (Å²) in [5.74, 6) is -0.572. The molecule has 0 atom stereocenters. The minimum atomic E-state index is -0.572. The summed E-state index contributed by atoms with van der Waals surface area (Å²) >= 11 is 6.35. The number of hydrogen-bond acceptors (Lipinski definition) is 4. The topological polar surface area (TPSA) is 67.9 Å². The summed E-state index contributed by atoms with van der Waals surface area (Å²) in [6.07, 6.45) is 0. The minimum Gasteiger partial charge on any atom is -0.457 e. The first kappa shape index (κ1) is 16.7. The molecular weight excluding hydrogens is 338 g/mol. The summed E-state index contributed by atoms with van der Waals surface area (Å²) in [6.45, 7) is 1.69. The molecule has 2 aromatic carbocycles. The van der Waals surface area contributed by atoms with Gasteiger partial charge in [-0.25, -0.2) is 9.48 Å². The Morgan fingerprint density at radius 2 is 1.88 bits per heavy atom. The Bertz CT molecular complexity index is 959. The van der Waals surface area contributed by atoms with Gasteiger partial charge in [0.1, 0.15) is 17.3 Å². The molecule has 0 radical (unpaired) electrons. The van der Waals surface area contributed by atoms with Crippen molar-refractivity contribution >= 4 is 17.6 Å². The molecular formula is C19H14ClN3O2. The average Bonchev–Trinajstić information content (AvgIpc) is 2.95. The summed E-state index contributed by atoms with van der Waals surface area (Å²) < 4.78 is 6.84. The largest absolute Gasteiger partial charge is 0.457 e. The molecule has 1 heterocycles. The van der Waals surface area contributed by atoms with E-state index in [0.29, 0.717) is 16.8 Å². The van der Waals surface area contributed by atoms with Crippen LogP contribution in [0.25, 0.3) is 5.69 Å². The zero-order valence-corrected chi connectivity index (χ0v) is 14.2. The molecule has 6 heteroatoms. The van der Waals surface area contributed by atoms with Crippen molar-refractivity contribution in [1.29, 1.82) is 5.26 Å². The molecule has 0 fully saturated rings. The predicted octanol–water partition coefficient (Wildman–Crippen LogP) is 4.06. The van der Waals surface area contributed by atoms with Gasteiger partial charge < -0.3 is 4.74 Å². The lowest BCUT2D eigenvalue weighted by molar-refractivity contribution is 0.0472. The highest BCUT2D eigenvalue weighted by atomic mass is 35.5. The molecule has 124 valence electrons. The van der Waals surface area contributed by atoms with Crippen molar-refractivity contribution in [1.82, 2.24) is 9.78 Å². The first-order valence-electron chi connectivity index (χ1n) is 7.57. The van der Waals surface area contributed by atoms with Crippen molar-refractivity contribution in [3.05, 3.63) is 82.1 Å². The van der Waals surface area contributed by atoms with E-state index in [1.165, 1.54) is 4.68 Å². The molecule has 0 saturated carbocycles. The number of nitrogens with zero attached hydrogens (tertiary/aromatic N) is 3. The van der Waals surface area contributed by atoms with Gasteiger partial charge in [0.15, 0.2) is 0 Å². The van der Waals surface area contributed by atoms with Crippen LogP contribution in [0.4, 0.5) is 0 Å². The summed E-state index contributed by atoms with van der Waals surface area (Å²) in [5, 5.41) is 13.6. The van der Waals surface area contributed by atoms with Crippen molar-refractivity contribution in [3.63, 3.8) is 0 Å². The molecule has 0 aliphatic carbocycles. The maximum atomic E-state index is 12.5. The second kappa shape index (κ2) is 7.20. The van der Waals surface area contributed by atoms with Gasteiger partial charge in [-0.05, 0) is 25.1 Å². The van der Waals surface area contributed by atoms with Gasteiger partial charge in [0.05, 0.1) is 23.0 Å². The molecule has 0 saturated heterocycles. The van der Waals surface area contributed by atoms with Crippen LogP contribution in [0, 0.1) is 18.3 Å². The van der Waals surface area contributed by atoms with Crippen LogP contribution in [-0.2, 0) is 11.3 Å². The quantitative estimate of drug-likeness (QED) is 0.665. The van der Waals surface area contributed by atoms with Gasteiger partial charge in [0.25, 0.3) is 0 Å². The molecule has 3 rings (SSSR count). The monoisotopic (exact) mass is 351 g/mol. The van der Waals surface area contributed by atoms with E-state index in [1.807, 2.05) is 30.3 Å². The van der Waals surface area contributed by atoms with E-state index in [9.17, 15) is 4.79 Å². The maximum absolute atomic E-state index is 12.5. The van der Waals surface area contributed by atoms with Crippen LogP contribution < -0.4 is 0 Å². The van der Waals surface area contributed by atoms with E-state index in [4.69, 9.17) is 21.6 Å². The Labute approximate surface area is 150 Å². The number of nitriles is 1. The number of para-hydroxylation sites is 1. The molecule has 3 aromatic rings. The molecule has 5 nitrogen and oxygen atoms in total. The van der Waals surface area contributed by atoms with Gasteiger partial charge in [-0.15, -0.1) is 0 Å². The summed E-state index contributed by atoms with van der Waals surface area (Å²) in [6, 6.07) is 18.3. The van der Waals surface area contributed by atoms with E-state index in [1.54, 1.807) is 31.2 Å². The number of aryl methyl sites for hydroxylation is 1. The highest BCUT2D eigenvalue weighted by Crippen LogP contribution is 2.24. The molecule has 0 unspecified atom stereocenters. The molecule has 0 amide bonds. The lowest BCUT2D eigenvalue weighted by atomic mass is 10.1. The van der Waals surface area contributed by atoms with E-state index < -0.39 is 5.97 Å². The zero-order chi connectivity index (χ0) is 17.8. The van der Waals surface area contributed by atoms with Crippen molar-refractivity contribution < 1.29 is 9.53 Å². The number of ether oxygens (including phenoxy) is 1. The fourth-order valence-corrected chi connectivity index (χ4v) is 2.79. The number of aromatic nitrogens is 2. The minimum absolute atomic E-state index is 0.00511. The second-order valence-electron chi connectivity index (χ2n) is 5.34. The number of benzene rings is 2. The SMILES string of the molecule is Cc1nn(-c2ccccc2)c(Cl)c1C(=O)OCc1ccccc1C#N. The van der Waals surface area contributed by atoms with E-state index >= 15 is 0 Å². The highest BCUT2D eigenvalue weighted by molar-refractivity contribution is 6.33. The third kappa shape index (κ3) is 3.39. The molecule has 0 aliphatic rings. The number of carbonyl (C=O) groups is 1. The molecule has 0 spiro atoms. The summed E-state index contributed by atoms with van der Waals surface area (Å²) in [5.41, 5.74) is 2.57. The summed E-state index contributed by atoms with van der Waals surface area (Å²) in [4.78, 5) is 12.5. The Kier molecular flexibility index (Phi) is 4.82. The Balaban J connectivity index is 1.84. The lowest BCUT2D eigenvalue weighted by Gasteiger charge is -2.06. The Morgan fingerprint density at radius 3 is 2.60 bits per heavy atom. The number of esters is 1. The van der Waals surface area contributed by atoms with E-state index in [0.717, 1.165) is 5.69 Å². The second-order valence-corrected chi connectivity index (χ2v) is 5.70. The fourth-order valence-electron chi connectivity index (χ4n) is 2.44. The van der Waals surface area contributed by atoms with Gasteiger partial charge in [-0.2, -0.15) is 10.4 Å². The third-order valence-electron chi connectivity index (χ3n) is 3.71. The standard InChI is InChI=1S/C19H14ClN3O2/c1-13-17(18(20)23(22-13)16-9-3-2-4-10-16)19(24)25-12-15-8-6-5-7-14(15)11-21/h2-10H,12H2,1H3. The van der Waals surface area contributed by atoms with Crippen LogP contribution in [-0.4, -0.2) is 15.7 Å². The van der Waals surface area contributed by atoms with Crippen LogP contribution in [0.3, 0.4) is 0 Å². The number of halogens is 1. The normalized spacial score (nSPS) is 10.3. The highest BCUT2D eigenvalue weighted by Gasteiger charge is 2.22. The zero-order valence-electron chi connectivity index (χ0n) is 13.4. The number of carbonyl (C=O) groups excluding carboxylic acids is 1. The van der Waals surface area contributed by atoms with Gasteiger partial charge in [0, 0.05) is 5.56 Å². The van der Waals surface area contributed by atoms with Crippen molar-refractivity contribution in [3.8, 4) is 11.8 Å². The first-order chi connectivity index (χ1) is 12.1. The fraction of sp³-hybridized carbons (Fsp3) is 0.105. The molecule has 1 aromatic heterocycles. The van der Waals surface area contributed by atoms with Crippen molar-refractivity contribution in [2.75, 3.05) is 0 Å². The Morgan fingerprint density at radius 1 is 1.20 bits per heavy atom.